The molecule has 0 bridgehead atoms. The van der Waals surface area contributed by atoms with Crippen molar-refractivity contribution in [3.05, 3.63) is 29.8 Å². The molecule has 0 aromatic heterocycles. The van der Waals surface area contributed by atoms with Gasteiger partial charge >= 0.3 is 5.97 Å². The van der Waals surface area contributed by atoms with Crippen LogP contribution < -0.4 is 10.1 Å². The number of ether oxygens (including phenoxy) is 1. The van der Waals surface area contributed by atoms with Crippen molar-refractivity contribution in [2.75, 3.05) is 19.7 Å². The second kappa shape index (κ2) is 10.4. The van der Waals surface area contributed by atoms with E-state index in [0.717, 1.165) is 0 Å². The number of likely N-dealkylation sites (N-methyl/N-ethyl adjacent to an activating group) is 1. The van der Waals surface area contributed by atoms with Gasteiger partial charge in [-0.3, -0.25) is 14.4 Å². The Hall–Kier alpha value is -2.57. The van der Waals surface area contributed by atoms with Gasteiger partial charge in [-0.25, -0.2) is 0 Å². The summed E-state index contributed by atoms with van der Waals surface area (Å²) in [5.41, 5.74) is 0.431. The summed E-state index contributed by atoms with van der Waals surface area (Å²) in [5, 5.41) is 11.6. The molecule has 0 aliphatic heterocycles. The largest absolute Gasteiger partial charge is 0.494 e. The minimum atomic E-state index is -0.962. The molecule has 0 heterocycles. The zero-order valence-electron chi connectivity index (χ0n) is 15.8. The van der Waals surface area contributed by atoms with Crippen molar-refractivity contribution in [3.63, 3.8) is 0 Å². The molecule has 0 radical (unpaired) electrons. The van der Waals surface area contributed by atoms with Crippen LogP contribution >= 0.6 is 0 Å². The summed E-state index contributed by atoms with van der Waals surface area (Å²) in [7, 11) is 0. The summed E-state index contributed by atoms with van der Waals surface area (Å²) in [6, 6.07) is 5.97. The minimum Gasteiger partial charge on any atom is -0.494 e. The van der Waals surface area contributed by atoms with Gasteiger partial charge in [-0.1, -0.05) is 13.8 Å². The van der Waals surface area contributed by atoms with E-state index in [-0.39, 0.29) is 30.7 Å². The van der Waals surface area contributed by atoms with Crippen LogP contribution in [-0.4, -0.2) is 53.5 Å². The Labute approximate surface area is 154 Å². The van der Waals surface area contributed by atoms with E-state index in [9.17, 15) is 14.4 Å². The van der Waals surface area contributed by atoms with Gasteiger partial charge < -0.3 is 20.1 Å². The topological polar surface area (TPSA) is 95.9 Å². The zero-order chi connectivity index (χ0) is 19.7. The van der Waals surface area contributed by atoms with Gasteiger partial charge in [0, 0.05) is 18.7 Å². The van der Waals surface area contributed by atoms with Crippen LogP contribution in [0.2, 0.25) is 0 Å². The molecule has 1 unspecified atom stereocenters. The maximum absolute atomic E-state index is 12.7. The Kier molecular flexibility index (Phi) is 8.61. The molecule has 7 heteroatoms. The lowest BCUT2D eigenvalue weighted by Gasteiger charge is -2.28. The Morgan fingerprint density at radius 3 is 2.23 bits per heavy atom. The smallest absolute Gasteiger partial charge is 0.305 e. The number of hydrogen-bond acceptors (Lipinski definition) is 4. The Morgan fingerprint density at radius 1 is 1.15 bits per heavy atom. The van der Waals surface area contributed by atoms with Crippen LogP contribution in [-0.2, 0) is 9.59 Å². The first kappa shape index (κ1) is 21.5. The number of amides is 2. The molecule has 26 heavy (non-hydrogen) atoms. The lowest BCUT2D eigenvalue weighted by Crippen LogP contribution is -2.51. The number of carboxylic acid groups (broad SMARTS) is 1. The van der Waals surface area contributed by atoms with Gasteiger partial charge in [0.1, 0.15) is 11.8 Å². The molecular weight excluding hydrogens is 336 g/mol. The highest BCUT2D eigenvalue weighted by atomic mass is 16.5. The number of hydrogen-bond donors (Lipinski definition) is 2. The zero-order valence-corrected chi connectivity index (χ0v) is 15.8. The van der Waals surface area contributed by atoms with Crippen molar-refractivity contribution in [1.29, 1.82) is 0 Å². The van der Waals surface area contributed by atoms with E-state index in [1.54, 1.807) is 31.2 Å². The summed E-state index contributed by atoms with van der Waals surface area (Å²) < 4.78 is 5.35. The van der Waals surface area contributed by atoms with E-state index in [0.29, 0.717) is 24.5 Å². The predicted octanol–water partition coefficient (Wildman–Crippen LogP) is 2.16. The molecule has 7 nitrogen and oxygen atoms in total. The molecule has 0 aliphatic carbocycles. The Balaban J connectivity index is 2.83. The molecule has 0 saturated carbocycles. The Bertz CT molecular complexity index is 613. The highest BCUT2D eigenvalue weighted by Crippen LogP contribution is 2.13. The quantitative estimate of drug-likeness (QED) is 0.663. The van der Waals surface area contributed by atoms with Crippen LogP contribution in [0.1, 0.15) is 44.5 Å². The summed E-state index contributed by atoms with van der Waals surface area (Å²) >= 11 is 0. The molecule has 1 rings (SSSR count). The number of nitrogens with zero attached hydrogens (tertiary/aromatic N) is 1. The molecule has 0 fully saturated rings. The fraction of sp³-hybridized carbons (Fsp3) is 0.526. The van der Waals surface area contributed by atoms with Crippen LogP contribution in [0.3, 0.4) is 0 Å². The van der Waals surface area contributed by atoms with Crippen molar-refractivity contribution in [2.45, 2.75) is 40.2 Å². The van der Waals surface area contributed by atoms with Crippen molar-refractivity contribution in [3.8, 4) is 5.75 Å². The van der Waals surface area contributed by atoms with Crippen LogP contribution in [0.15, 0.2) is 24.3 Å². The third kappa shape index (κ3) is 6.38. The fourth-order valence-corrected chi connectivity index (χ4v) is 2.46. The maximum Gasteiger partial charge on any atom is 0.305 e. The highest BCUT2D eigenvalue weighted by molar-refractivity contribution is 5.97. The first-order chi connectivity index (χ1) is 12.3. The SMILES string of the molecule is CCOc1ccc(C(=O)NC(C(=O)N(CC)CCC(=O)O)C(C)C)cc1. The summed E-state index contributed by atoms with van der Waals surface area (Å²) in [4.78, 5) is 37.4. The van der Waals surface area contributed by atoms with E-state index in [2.05, 4.69) is 5.32 Å². The van der Waals surface area contributed by atoms with Gasteiger partial charge in [0.05, 0.1) is 13.0 Å². The lowest BCUT2D eigenvalue weighted by atomic mass is 10.0. The van der Waals surface area contributed by atoms with Gasteiger partial charge in [-0.2, -0.15) is 0 Å². The van der Waals surface area contributed by atoms with Crippen LogP contribution in [0.25, 0.3) is 0 Å². The van der Waals surface area contributed by atoms with Gasteiger partial charge in [-0.15, -0.1) is 0 Å². The molecule has 2 amide bonds. The van der Waals surface area contributed by atoms with Crippen LogP contribution in [0.5, 0.6) is 5.75 Å². The molecule has 0 saturated heterocycles. The third-order valence-electron chi connectivity index (χ3n) is 3.94. The predicted molar refractivity (Wildman–Crippen MR) is 98.2 cm³/mol. The number of rotatable bonds is 10. The average Bonchev–Trinajstić information content (AvgIpc) is 2.60. The van der Waals surface area contributed by atoms with Crippen molar-refractivity contribution < 1.29 is 24.2 Å². The first-order valence-electron chi connectivity index (χ1n) is 8.84. The summed E-state index contributed by atoms with van der Waals surface area (Å²) in [6.07, 6.45) is -0.128. The minimum absolute atomic E-state index is 0.118. The molecule has 1 atom stereocenters. The molecule has 0 aliphatic rings. The number of nitrogens with one attached hydrogen (secondary N) is 1. The van der Waals surface area contributed by atoms with Gasteiger partial charge in [-0.05, 0) is 44.0 Å². The van der Waals surface area contributed by atoms with Crippen molar-refractivity contribution in [1.82, 2.24) is 10.2 Å². The van der Waals surface area contributed by atoms with E-state index in [1.807, 2.05) is 20.8 Å². The first-order valence-corrected chi connectivity index (χ1v) is 8.84. The molecule has 2 N–H and O–H groups in total. The molecule has 1 aromatic rings. The van der Waals surface area contributed by atoms with E-state index in [1.165, 1.54) is 4.90 Å². The van der Waals surface area contributed by atoms with Gasteiger partial charge in [0.15, 0.2) is 0 Å². The average molecular weight is 364 g/mol. The summed E-state index contributed by atoms with van der Waals surface area (Å²) in [6.45, 7) is 8.38. The third-order valence-corrected chi connectivity index (χ3v) is 3.94. The number of carbonyl (C=O) groups is 3. The van der Waals surface area contributed by atoms with Crippen LogP contribution in [0.4, 0.5) is 0 Å². The van der Waals surface area contributed by atoms with Crippen LogP contribution in [0, 0.1) is 5.92 Å². The molecule has 144 valence electrons. The number of benzene rings is 1. The lowest BCUT2D eigenvalue weighted by molar-refractivity contribution is -0.139. The van der Waals surface area contributed by atoms with E-state index < -0.39 is 12.0 Å². The maximum atomic E-state index is 12.7. The molecule has 0 spiro atoms. The number of carbonyl (C=O) groups excluding carboxylic acids is 2. The Morgan fingerprint density at radius 2 is 1.77 bits per heavy atom. The van der Waals surface area contributed by atoms with E-state index in [4.69, 9.17) is 9.84 Å². The monoisotopic (exact) mass is 364 g/mol. The molecular formula is C19H28N2O5. The second-order valence-corrected chi connectivity index (χ2v) is 6.21. The standard InChI is InChI=1S/C19H28N2O5/c1-5-21(12-11-16(22)23)19(25)17(13(3)4)20-18(24)14-7-9-15(10-8-14)26-6-2/h7-10,13,17H,5-6,11-12H2,1-4H3,(H,20,24)(H,22,23). The second-order valence-electron chi connectivity index (χ2n) is 6.21. The van der Waals surface area contributed by atoms with Crippen molar-refractivity contribution in [2.24, 2.45) is 5.92 Å². The summed E-state index contributed by atoms with van der Waals surface area (Å²) in [5.74, 6) is -1.05. The van der Waals surface area contributed by atoms with E-state index >= 15 is 0 Å². The highest BCUT2D eigenvalue weighted by Gasteiger charge is 2.28. The molecule has 1 aromatic carbocycles. The van der Waals surface area contributed by atoms with Crippen molar-refractivity contribution >= 4 is 17.8 Å². The number of aliphatic carboxylic acids is 1. The fourth-order valence-electron chi connectivity index (χ4n) is 2.46. The number of carboxylic acids is 1. The normalized spacial score (nSPS) is 11.7. The van der Waals surface area contributed by atoms with Gasteiger partial charge in [0.2, 0.25) is 5.91 Å². The van der Waals surface area contributed by atoms with Gasteiger partial charge in [0.25, 0.3) is 5.91 Å².